The molecule has 0 aliphatic carbocycles. The summed E-state index contributed by atoms with van der Waals surface area (Å²) in [5, 5.41) is 0. The van der Waals surface area contributed by atoms with Crippen molar-refractivity contribution in [2.75, 3.05) is 18.1 Å². The van der Waals surface area contributed by atoms with Gasteiger partial charge in [-0.3, -0.25) is 4.79 Å². The standard InChI is InChI=1S/C14H18N2O2/c15-11-7-8-16(12-5-2-1-4-10(11)12)14(17)13-6-3-9-18-13/h1-2,4-5,11,13H,3,6-9,15H2. The molecule has 2 N–H and O–H groups in total. The van der Waals surface area contributed by atoms with Crippen LogP contribution in [0.2, 0.25) is 0 Å². The molecule has 0 radical (unpaired) electrons. The van der Waals surface area contributed by atoms with Crippen LogP contribution in [-0.2, 0) is 9.53 Å². The highest BCUT2D eigenvalue weighted by Gasteiger charge is 2.32. The third kappa shape index (κ3) is 1.91. The number of rotatable bonds is 1. The first kappa shape index (κ1) is 11.7. The Labute approximate surface area is 107 Å². The summed E-state index contributed by atoms with van der Waals surface area (Å²) in [6, 6.07) is 7.94. The maximum Gasteiger partial charge on any atom is 0.256 e. The normalized spacial score (nSPS) is 27.1. The van der Waals surface area contributed by atoms with Crippen molar-refractivity contribution in [2.24, 2.45) is 5.73 Å². The molecule has 1 aromatic carbocycles. The van der Waals surface area contributed by atoms with Crippen molar-refractivity contribution < 1.29 is 9.53 Å². The molecular formula is C14H18N2O2. The molecule has 1 saturated heterocycles. The Morgan fingerprint density at radius 2 is 2.17 bits per heavy atom. The second kappa shape index (κ2) is 4.71. The fourth-order valence-corrected chi connectivity index (χ4v) is 2.77. The number of ether oxygens (including phenoxy) is 1. The molecule has 2 aliphatic rings. The van der Waals surface area contributed by atoms with Crippen LogP contribution in [0.5, 0.6) is 0 Å². The number of nitrogens with two attached hydrogens (primary N) is 1. The molecule has 0 aromatic heterocycles. The molecule has 0 spiro atoms. The second-order valence-electron chi connectivity index (χ2n) is 4.95. The molecule has 2 aliphatic heterocycles. The molecule has 1 amide bonds. The largest absolute Gasteiger partial charge is 0.368 e. The van der Waals surface area contributed by atoms with Gasteiger partial charge < -0.3 is 15.4 Å². The number of anilines is 1. The van der Waals surface area contributed by atoms with Gasteiger partial charge in [0, 0.05) is 24.9 Å². The zero-order valence-corrected chi connectivity index (χ0v) is 10.3. The Balaban J connectivity index is 1.89. The SMILES string of the molecule is NC1CCN(C(=O)C2CCCO2)c2ccccc21. The van der Waals surface area contributed by atoms with E-state index in [1.165, 1.54) is 0 Å². The summed E-state index contributed by atoms with van der Waals surface area (Å²) in [6.45, 7) is 1.39. The lowest BCUT2D eigenvalue weighted by atomic mass is 9.96. The van der Waals surface area contributed by atoms with Gasteiger partial charge in [0.25, 0.3) is 5.91 Å². The van der Waals surface area contributed by atoms with E-state index in [9.17, 15) is 4.79 Å². The number of carbonyl (C=O) groups excluding carboxylic acids is 1. The highest BCUT2D eigenvalue weighted by atomic mass is 16.5. The summed E-state index contributed by atoms with van der Waals surface area (Å²) in [5.74, 6) is 0.0897. The van der Waals surface area contributed by atoms with Crippen LogP contribution >= 0.6 is 0 Å². The van der Waals surface area contributed by atoms with Gasteiger partial charge in [-0.15, -0.1) is 0 Å². The first-order chi connectivity index (χ1) is 8.77. The highest BCUT2D eigenvalue weighted by molar-refractivity contribution is 5.97. The number of fused-ring (bicyclic) bond motifs is 1. The van der Waals surface area contributed by atoms with Gasteiger partial charge in [-0.2, -0.15) is 0 Å². The lowest BCUT2D eigenvalue weighted by Crippen LogP contribution is -2.43. The third-order valence-corrected chi connectivity index (χ3v) is 3.76. The van der Waals surface area contributed by atoms with E-state index in [-0.39, 0.29) is 18.1 Å². The number of hydrogen-bond acceptors (Lipinski definition) is 3. The van der Waals surface area contributed by atoms with E-state index in [1.807, 2.05) is 29.2 Å². The van der Waals surface area contributed by atoms with Crippen LogP contribution in [0.3, 0.4) is 0 Å². The van der Waals surface area contributed by atoms with E-state index in [0.29, 0.717) is 13.2 Å². The molecule has 4 nitrogen and oxygen atoms in total. The Morgan fingerprint density at radius 1 is 1.33 bits per heavy atom. The van der Waals surface area contributed by atoms with Gasteiger partial charge >= 0.3 is 0 Å². The van der Waals surface area contributed by atoms with Crippen molar-refractivity contribution in [3.8, 4) is 0 Å². The number of nitrogens with zero attached hydrogens (tertiary/aromatic N) is 1. The van der Waals surface area contributed by atoms with E-state index in [4.69, 9.17) is 10.5 Å². The van der Waals surface area contributed by atoms with E-state index in [0.717, 1.165) is 30.5 Å². The van der Waals surface area contributed by atoms with Gasteiger partial charge in [0.2, 0.25) is 0 Å². The Bertz CT molecular complexity index is 455. The van der Waals surface area contributed by atoms with Gasteiger partial charge in [0.05, 0.1) is 0 Å². The monoisotopic (exact) mass is 246 g/mol. The minimum Gasteiger partial charge on any atom is -0.368 e. The Hall–Kier alpha value is -1.39. The minimum absolute atomic E-state index is 0.0368. The lowest BCUT2D eigenvalue weighted by Gasteiger charge is -2.34. The van der Waals surface area contributed by atoms with Crippen molar-refractivity contribution in [1.29, 1.82) is 0 Å². The maximum absolute atomic E-state index is 12.4. The predicted molar refractivity (Wildman–Crippen MR) is 69.3 cm³/mol. The maximum atomic E-state index is 12.4. The van der Waals surface area contributed by atoms with E-state index < -0.39 is 0 Å². The average Bonchev–Trinajstić information content (AvgIpc) is 2.93. The number of hydrogen-bond donors (Lipinski definition) is 1. The first-order valence-electron chi connectivity index (χ1n) is 6.55. The summed E-state index contributed by atoms with van der Waals surface area (Å²) in [5.41, 5.74) is 8.11. The van der Waals surface area contributed by atoms with Crippen LogP contribution in [0.25, 0.3) is 0 Å². The Kier molecular flexibility index (Phi) is 3.06. The van der Waals surface area contributed by atoms with Gasteiger partial charge in [-0.25, -0.2) is 0 Å². The summed E-state index contributed by atoms with van der Waals surface area (Å²) < 4.78 is 5.49. The summed E-state index contributed by atoms with van der Waals surface area (Å²) in [7, 11) is 0. The van der Waals surface area contributed by atoms with Crippen LogP contribution in [0.1, 0.15) is 30.9 Å². The number of amides is 1. The molecule has 96 valence electrons. The first-order valence-corrected chi connectivity index (χ1v) is 6.55. The van der Waals surface area contributed by atoms with Crippen molar-refractivity contribution in [2.45, 2.75) is 31.4 Å². The highest BCUT2D eigenvalue weighted by Crippen LogP contribution is 2.33. The number of benzene rings is 1. The van der Waals surface area contributed by atoms with Crippen molar-refractivity contribution >= 4 is 11.6 Å². The third-order valence-electron chi connectivity index (χ3n) is 3.76. The van der Waals surface area contributed by atoms with Crippen molar-refractivity contribution in [3.05, 3.63) is 29.8 Å². The summed E-state index contributed by atoms with van der Waals surface area (Å²) >= 11 is 0. The molecule has 4 heteroatoms. The predicted octanol–water partition coefficient (Wildman–Crippen LogP) is 1.60. The van der Waals surface area contributed by atoms with Crippen LogP contribution < -0.4 is 10.6 Å². The smallest absolute Gasteiger partial charge is 0.256 e. The van der Waals surface area contributed by atoms with Crippen LogP contribution in [0, 0.1) is 0 Å². The second-order valence-corrected chi connectivity index (χ2v) is 4.95. The number of carbonyl (C=O) groups is 1. The quantitative estimate of drug-likeness (QED) is 0.819. The van der Waals surface area contributed by atoms with Gasteiger partial charge in [-0.1, -0.05) is 18.2 Å². The van der Waals surface area contributed by atoms with Gasteiger partial charge in [0.15, 0.2) is 0 Å². The topological polar surface area (TPSA) is 55.6 Å². The average molecular weight is 246 g/mol. The molecule has 2 unspecified atom stereocenters. The lowest BCUT2D eigenvalue weighted by molar-refractivity contribution is -0.127. The molecule has 2 heterocycles. The zero-order valence-electron chi connectivity index (χ0n) is 10.3. The van der Waals surface area contributed by atoms with Gasteiger partial charge in [0.1, 0.15) is 6.10 Å². The molecule has 0 saturated carbocycles. The van der Waals surface area contributed by atoms with Crippen LogP contribution in [0.4, 0.5) is 5.69 Å². The van der Waals surface area contributed by atoms with E-state index in [1.54, 1.807) is 0 Å². The summed E-state index contributed by atoms with van der Waals surface area (Å²) in [6.07, 6.45) is 2.37. The Morgan fingerprint density at radius 3 is 2.94 bits per heavy atom. The van der Waals surface area contributed by atoms with E-state index in [2.05, 4.69) is 0 Å². The van der Waals surface area contributed by atoms with Gasteiger partial charge in [-0.05, 0) is 30.9 Å². The van der Waals surface area contributed by atoms with Crippen molar-refractivity contribution in [1.82, 2.24) is 0 Å². The molecular weight excluding hydrogens is 228 g/mol. The molecule has 0 bridgehead atoms. The fourth-order valence-electron chi connectivity index (χ4n) is 2.77. The zero-order chi connectivity index (χ0) is 12.5. The fraction of sp³-hybridized carbons (Fsp3) is 0.500. The number of para-hydroxylation sites is 1. The van der Waals surface area contributed by atoms with Crippen molar-refractivity contribution in [3.63, 3.8) is 0 Å². The van der Waals surface area contributed by atoms with Crippen LogP contribution in [0.15, 0.2) is 24.3 Å². The molecule has 18 heavy (non-hydrogen) atoms. The molecule has 1 fully saturated rings. The molecule has 1 aromatic rings. The minimum atomic E-state index is -0.257. The van der Waals surface area contributed by atoms with E-state index >= 15 is 0 Å². The molecule has 2 atom stereocenters. The van der Waals surface area contributed by atoms with Crippen LogP contribution in [-0.4, -0.2) is 25.2 Å². The summed E-state index contributed by atoms with van der Waals surface area (Å²) in [4.78, 5) is 14.3. The molecule has 3 rings (SSSR count).